The lowest BCUT2D eigenvalue weighted by atomic mass is 10.2. The minimum absolute atomic E-state index is 0.0898. The van der Waals surface area contributed by atoms with E-state index in [0.717, 1.165) is 41.4 Å². The summed E-state index contributed by atoms with van der Waals surface area (Å²) >= 11 is 0. The van der Waals surface area contributed by atoms with E-state index in [9.17, 15) is 0 Å². The molecule has 6 rings (SSSR count). The number of para-hydroxylation sites is 3. The number of ether oxygens (including phenoxy) is 1. The first-order valence-electron chi connectivity index (χ1n) is 13.6. The molecule has 1 unspecified atom stereocenters. The van der Waals surface area contributed by atoms with E-state index in [2.05, 4.69) is 113 Å². The number of rotatable bonds is 9. The Morgan fingerprint density at radius 2 is 1.07 bits per heavy atom. The maximum atomic E-state index is 6.36. The van der Waals surface area contributed by atoms with E-state index < -0.39 is 0 Å². The van der Waals surface area contributed by atoms with Gasteiger partial charge in [-0.05, 0) is 59.7 Å². The number of benzene rings is 5. The zero-order valence-corrected chi connectivity index (χ0v) is 22.3. The molecule has 198 valence electrons. The number of hydrogen-bond acceptors (Lipinski definition) is 5. The van der Waals surface area contributed by atoms with Gasteiger partial charge < -0.3 is 4.74 Å². The fourth-order valence-electron chi connectivity index (χ4n) is 4.90. The summed E-state index contributed by atoms with van der Waals surface area (Å²) < 4.78 is 6.36. The van der Waals surface area contributed by atoms with Crippen LogP contribution in [0.2, 0.25) is 0 Å². The minimum atomic E-state index is 0.0898. The standard InChI is InChI=1S/C35H32N4O/c1-5-13-30(14-6-1)28-40-35-26-37(31-15-7-2-8-16-31)38(27-35)32-23-21-29(22-24-32)25-36-39(33-17-9-3-10-18-33)34-19-11-4-12-20-34/h1-25,35H,26-28H2. The second-order valence-electron chi connectivity index (χ2n) is 9.74. The van der Waals surface area contributed by atoms with E-state index in [4.69, 9.17) is 9.84 Å². The van der Waals surface area contributed by atoms with Crippen LogP contribution in [0, 0.1) is 0 Å². The first kappa shape index (κ1) is 25.4. The Morgan fingerprint density at radius 1 is 0.600 bits per heavy atom. The van der Waals surface area contributed by atoms with E-state index in [1.807, 2.05) is 53.7 Å². The molecule has 0 aromatic heterocycles. The molecule has 0 radical (unpaired) electrons. The van der Waals surface area contributed by atoms with Crippen LogP contribution < -0.4 is 15.0 Å². The molecule has 5 aromatic carbocycles. The molecule has 0 N–H and O–H groups in total. The van der Waals surface area contributed by atoms with Crippen molar-refractivity contribution in [2.24, 2.45) is 5.10 Å². The average Bonchev–Trinajstić information content (AvgIpc) is 3.47. The third-order valence-corrected chi connectivity index (χ3v) is 6.94. The Hall–Kier alpha value is -4.87. The molecule has 0 bridgehead atoms. The lowest BCUT2D eigenvalue weighted by molar-refractivity contribution is 0.0634. The lowest BCUT2D eigenvalue weighted by Gasteiger charge is -2.31. The van der Waals surface area contributed by atoms with Crippen LogP contribution in [0.5, 0.6) is 0 Å². The molecule has 1 aliphatic heterocycles. The van der Waals surface area contributed by atoms with E-state index in [1.165, 1.54) is 5.56 Å². The van der Waals surface area contributed by atoms with Gasteiger partial charge in [-0.15, -0.1) is 0 Å². The number of nitrogens with zero attached hydrogens (tertiary/aromatic N) is 4. The van der Waals surface area contributed by atoms with Crippen molar-refractivity contribution in [2.75, 3.05) is 28.1 Å². The minimum Gasteiger partial charge on any atom is -0.370 e. The van der Waals surface area contributed by atoms with Gasteiger partial charge >= 0.3 is 0 Å². The Morgan fingerprint density at radius 3 is 1.62 bits per heavy atom. The first-order valence-corrected chi connectivity index (χ1v) is 13.6. The van der Waals surface area contributed by atoms with Crippen molar-refractivity contribution in [2.45, 2.75) is 12.7 Å². The SMILES string of the molecule is C(=NN(c1ccccc1)c1ccccc1)c1ccc(N2CC(OCc3ccccc3)CN2c2ccccc2)cc1. The maximum absolute atomic E-state index is 6.36. The van der Waals surface area contributed by atoms with Crippen LogP contribution >= 0.6 is 0 Å². The highest BCUT2D eigenvalue weighted by molar-refractivity contribution is 5.82. The normalized spacial score (nSPS) is 15.1. The summed E-state index contributed by atoms with van der Waals surface area (Å²) in [6.45, 7) is 2.19. The van der Waals surface area contributed by atoms with Crippen molar-refractivity contribution < 1.29 is 4.74 Å². The second kappa shape index (κ2) is 12.3. The predicted octanol–water partition coefficient (Wildman–Crippen LogP) is 7.69. The smallest absolute Gasteiger partial charge is 0.0969 e. The molecule has 0 amide bonds. The highest BCUT2D eigenvalue weighted by Crippen LogP contribution is 2.29. The Kier molecular flexibility index (Phi) is 7.83. The summed E-state index contributed by atoms with van der Waals surface area (Å²) in [5, 5.41) is 11.4. The van der Waals surface area contributed by atoms with Gasteiger partial charge in [0.1, 0.15) is 0 Å². The summed E-state index contributed by atoms with van der Waals surface area (Å²) in [5.74, 6) is 0. The molecule has 1 atom stereocenters. The molecular weight excluding hydrogens is 492 g/mol. The van der Waals surface area contributed by atoms with Crippen LogP contribution in [0.25, 0.3) is 0 Å². The second-order valence-corrected chi connectivity index (χ2v) is 9.74. The summed E-state index contributed by atoms with van der Waals surface area (Å²) in [4.78, 5) is 0. The van der Waals surface area contributed by atoms with Crippen molar-refractivity contribution in [3.63, 3.8) is 0 Å². The quantitative estimate of drug-likeness (QED) is 0.146. The summed E-state index contributed by atoms with van der Waals surface area (Å²) in [6, 6.07) is 49.8. The fraction of sp³-hybridized carbons (Fsp3) is 0.114. The Labute approximate surface area is 236 Å². The van der Waals surface area contributed by atoms with Gasteiger partial charge in [0.15, 0.2) is 0 Å². The molecule has 1 fully saturated rings. The van der Waals surface area contributed by atoms with Crippen LogP contribution in [-0.4, -0.2) is 25.4 Å². The number of hydrogen-bond donors (Lipinski definition) is 0. The van der Waals surface area contributed by atoms with Gasteiger partial charge in [0, 0.05) is 0 Å². The van der Waals surface area contributed by atoms with Gasteiger partial charge in [-0.1, -0.05) is 97.1 Å². The zero-order chi connectivity index (χ0) is 27.0. The molecule has 0 spiro atoms. The molecule has 5 nitrogen and oxygen atoms in total. The van der Waals surface area contributed by atoms with Gasteiger partial charge in [-0.25, -0.2) is 5.01 Å². The Bertz CT molecular complexity index is 1450. The number of hydrazine groups is 1. The summed E-state index contributed by atoms with van der Waals surface area (Å²) in [7, 11) is 0. The van der Waals surface area contributed by atoms with Crippen molar-refractivity contribution in [1.29, 1.82) is 0 Å². The van der Waals surface area contributed by atoms with Gasteiger partial charge in [-0.2, -0.15) is 5.10 Å². The third-order valence-electron chi connectivity index (χ3n) is 6.94. The molecule has 0 aliphatic carbocycles. The zero-order valence-electron chi connectivity index (χ0n) is 22.3. The topological polar surface area (TPSA) is 31.3 Å². The molecule has 5 heteroatoms. The first-order chi connectivity index (χ1) is 19.8. The van der Waals surface area contributed by atoms with Crippen molar-refractivity contribution >= 4 is 29.0 Å². The van der Waals surface area contributed by atoms with Crippen LogP contribution in [0.3, 0.4) is 0 Å². The van der Waals surface area contributed by atoms with Gasteiger partial charge in [-0.3, -0.25) is 10.0 Å². The summed E-state index contributed by atoms with van der Waals surface area (Å²) in [6.07, 6.45) is 2.00. The third kappa shape index (κ3) is 6.06. The van der Waals surface area contributed by atoms with Crippen molar-refractivity contribution in [1.82, 2.24) is 0 Å². The van der Waals surface area contributed by atoms with Crippen molar-refractivity contribution in [3.8, 4) is 0 Å². The monoisotopic (exact) mass is 524 g/mol. The molecule has 0 saturated carbocycles. The Balaban J connectivity index is 1.20. The molecule has 5 aromatic rings. The highest BCUT2D eigenvalue weighted by Gasteiger charge is 2.31. The molecule has 40 heavy (non-hydrogen) atoms. The van der Waals surface area contributed by atoms with E-state index in [-0.39, 0.29) is 6.10 Å². The van der Waals surface area contributed by atoms with Crippen LogP contribution in [0.1, 0.15) is 11.1 Å². The molecular formula is C35H32N4O. The van der Waals surface area contributed by atoms with Crippen LogP contribution in [0.4, 0.5) is 22.7 Å². The largest absolute Gasteiger partial charge is 0.370 e. The summed E-state index contributed by atoms with van der Waals surface area (Å²) in [5.41, 5.74) is 6.52. The molecule has 1 saturated heterocycles. The van der Waals surface area contributed by atoms with E-state index in [0.29, 0.717) is 6.61 Å². The number of hydrazone groups is 1. The van der Waals surface area contributed by atoms with Gasteiger partial charge in [0.2, 0.25) is 0 Å². The van der Waals surface area contributed by atoms with Gasteiger partial charge in [0.25, 0.3) is 0 Å². The van der Waals surface area contributed by atoms with Gasteiger partial charge in [0.05, 0.1) is 54.8 Å². The maximum Gasteiger partial charge on any atom is 0.0969 e. The van der Waals surface area contributed by atoms with E-state index >= 15 is 0 Å². The average molecular weight is 525 g/mol. The van der Waals surface area contributed by atoms with Crippen LogP contribution in [0.15, 0.2) is 151 Å². The fourth-order valence-corrected chi connectivity index (χ4v) is 4.90. The van der Waals surface area contributed by atoms with Crippen molar-refractivity contribution in [3.05, 3.63) is 157 Å². The molecule has 1 aliphatic rings. The lowest BCUT2D eigenvalue weighted by Crippen LogP contribution is -2.36. The molecule has 1 heterocycles. The van der Waals surface area contributed by atoms with Crippen LogP contribution in [-0.2, 0) is 11.3 Å². The van der Waals surface area contributed by atoms with E-state index in [1.54, 1.807) is 0 Å². The number of anilines is 4. The highest BCUT2D eigenvalue weighted by atomic mass is 16.5. The predicted molar refractivity (Wildman–Crippen MR) is 165 cm³/mol.